The van der Waals surface area contributed by atoms with Crippen molar-refractivity contribution in [3.05, 3.63) is 35.4 Å². The predicted octanol–water partition coefficient (Wildman–Crippen LogP) is 3.31. The zero-order valence-corrected chi connectivity index (χ0v) is 19.5. The summed E-state index contributed by atoms with van der Waals surface area (Å²) >= 11 is 0. The Morgan fingerprint density at radius 3 is 2.35 bits per heavy atom. The molecule has 1 spiro atoms. The Balaban J connectivity index is 1.42. The molecule has 170 valence electrons. The Morgan fingerprint density at radius 1 is 1.03 bits per heavy atom. The zero-order valence-electron chi connectivity index (χ0n) is 19.5. The molecular weight excluding hydrogens is 388 g/mol. The third-order valence-electron chi connectivity index (χ3n) is 7.65. The van der Waals surface area contributed by atoms with Gasteiger partial charge in [0.2, 0.25) is 5.91 Å². The van der Waals surface area contributed by atoms with Gasteiger partial charge in [-0.05, 0) is 56.3 Å². The highest BCUT2D eigenvalue weighted by molar-refractivity contribution is 5.76. The van der Waals surface area contributed by atoms with Crippen LogP contribution in [0.1, 0.15) is 56.6 Å². The van der Waals surface area contributed by atoms with Gasteiger partial charge in [0, 0.05) is 58.2 Å². The van der Waals surface area contributed by atoms with Gasteiger partial charge in [-0.2, -0.15) is 0 Å². The molecule has 0 radical (unpaired) electrons. The quantitative estimate of drug-likeness (QED) is 0.745. The van der Waals surface area contributed by atoms with Crippen molar-refractivity contribution in [1.82, 2.24) is 19.6 Å². The molecule has 0 saturated carbocycles. The van der Waals surface area contributed by atoms with Crippen LogP contribution in [0.4, 0.5) is 4.79 Å². The van der Waals surface area contributed by atoms with E-state index in [2.05, 4.69) is 41.0 Å². The maximum absolute atomic E-state index is 12.8. The Morgan fingerprint density at radius 2 is 1.71 bits per heavy atom. The first-order valence-electron chi connectivity index (χ1n) is 12.0. The summed E-state index contributed by atoms with van der Waals surface area (Å²) < 4.78 is 0. The van der Waals surface area contributed by atoms with Crippen molar-refractivity contribution in [2.75, 3.05) is 46.8 Å². The van der Waals surface area contributed by atoms with Gasteiger partial charge in [-0.3, -0.25) is 4.79 Å². The number of fused-ring (bicyclic) bond motifs is 2. The van der Waals surface area contributed by atoms with Crippen LogP contribution < -0.4 is 0 Å². The Kier molecular flexibility index (Phi) is 6.56. The maximum atomic E-state index is 12.8. The second-order valence-corrected chi connectivity index (χ2v) is 9.87. The molecule has 4 rings (SSSR count). The number of nitrogens with zero attached hydrogens (tertiary/aromatic N) is 4. The maximum Gasteiger partial charge on any atom is 0.319 e. The molecule has 0 N–H and O–H groups in total. The number of rotatable bonds is 3. The van der Waals surface area contributed by atoms with Crippen molar-refractivity contribution in [2.24, 2.45) is 0 Å². The summed E-state index contributed by atoms with van der Waals surface area (Å²) in [5.41, 5.74) is 2.83. The third kappa shape index (κ3) is 4.45. The molecule has 1 aromatic rings. The molecule has 1 aromatic carbocycles. The Labute approximate surface area is 187 Å². The van der Waals surface area contributed by atoms with Crippen LogP contribution in [0.15, 0.2) is 24.3 Å². The molecule has 3 aliphatic heterocycles. The minimum Gasteiger partial charge on any atom is -0.343 e. The van der Waals surface area contributed by atoms with Crippen molar-refractivity contribution in [2.45, 2.75) is 63.5 Å². The van der Waals surface area contributed by atoms with Crippen molar-refractivity contribution in [1.29, 1.82) is 0 Å². The molecule has 3 heterocycles. The lowest BCUT2D eigenvalue weighted by Crippen LogP contribution is -2.57. The number of urea groups is 1. The number of hydrogen-bond acceptors (Lipinski definition) is 3. The number of hydrogen-bond donors (Lipinski definition) is 0. The lowest BCUT2D eigenvalue weighted by atomic mass is 9.68. The topological polar surface area (TPSA) is 47.1 Å². The molecule has 6 heteroatoms. The van der Waals surface area contributed by atoms with Crippen LogP contribution in [0, 0.1) is 0 Å². The van der Waals surface area contributed by atoms with Crippen molar-refractivity contribution >= 4 is 11.9 Å². The van der Waals surface area contributed by atoms with E-state index in [1.54, 1.807) is 4.90 Å². The van der Waals surface area contributed by atoms with Crippen LogP contribution in [0.2, 0.25) is 0 Å². The van der Waals surface area contributed by atoms with E-state index in [4.69, 9.17) is 0 Å². The fourth-order valence-corrected chi connectivity index (χ4v) is 5.90. The smallest absolute Gasteiger partial charge is 0.319 e. The molecule has 0 bridgehead atoms. The standard InChI is InChI=1S/C25H38N4O2/c1-4-7-23(30)28-14-10-21(11-15-28)27-16-12-25(13-17-27)19-29(24(31)26(2)3)18-20-8-5-6-9-22(20)25/h5-6,8-9,21H,4,7,10-19H2,1-3H3. The van der Waals surface area contributed by atoms with Gasteiger partial charge in [0.1, 0.15) is 0 Å². The lowest BCUT2D eigenvalue weighted by Gasteiger charge is -2.51. The predicted molar refractivity (Wildman–Crippen MR) is 123 cm³/mol. The van der Waals surface area contributed by atoms with Crippen LogP contribution in [0.5, 0.6) is 0 Å². The van der Waals surface area contributed by atoms with E-state index >= 15 is 0 Å². The Bertz CT molecular complexity index is 792. The largest absolute Gasteiger partial charge is 0.343 e. The van der Waals surface area contributed by atoms with E-state index in [0.29, 0.717) is 24.9 Å². The number of carbonyl (C=O) groups is 2. The van der Waals surface area contributed by atoms with Crippen molar-refractivity contribution in [3.8, 4) is 0 Å². The van der Waals surface area contributed by atoms with Crippen LogP contribution in [-0.4, -0.2) is 84.4 Å². The van der Waals surface area contributed by atoms with E-state index in [1.165, 1.54) is 11.1 Å². The molecule has 0 aromatic heterocycles. The minimum atomic E-state index is 0.0643. The van der Waals surface area contributed by atoms with E-state index in [-0.39, 0.29) is 11.4 Å². The average molecular weight is 427 g/mol. The molecular formula is C25H38N4O2. The number of carbonyl (C=O) groups excluding carboxylic acids is 2. The summed E-state index contributed by atoms with van der Waals surface area (Å²) in [7, 11) is 3.69. The first kappa shape index (κ1) is 22.1. The molecule has 6 nitrogen and oxygen atoms in total. The second-order valence-electron chi connectivity index (χ2n) is 9.87. The fraction of sp³-hybridized carbons (Fsp3) is 0.680. The van der Waals surface area contributed by atoms with Gasteiger partial charge >= 0.3 is 6.03 Å². The SMILES string of the molecule is CCCC(=O)N1CCC(N2CCC3(CC2)CN(C(=O)N(C)C)Cc2ccccc23)CC1. The highest BCUT2D eigenvalue weighted by Gasteiger charge is 2.44. The highest BCUT2D eigenvalue weighted by atomic mass is 16.2. The van der Waals surface area contributed by atoms with Crippen molar-refractivity contribution in [3.63, 3.8) is 0 Å². The normalized spacial score (nSPS) is 21.8. The number of amides is 3. The second kappa shape index (κ2) is 9.19. The lowest BCUT2D eigenvalue weighted by molar-refractivity contribution is -0.132. The van der Waals surface area contributed by atoms with Crippen molar-refractivity contribution < 1.29 is 9.59 Å². The first-order valence-corrected chi connectivity index (χ1v) is 12.0. The minimum absolute atomic E-state index is 0.0643. The summed E-state index contributed by atoms with van der Waals surface area (Å²) in [5, 5.41) is 0. The molecule has 3 amide bonds. The summed E-state index contributed by atoms with van der Waals surface area (Å²) in [4.78, 5) is 33.5. The number of likely N-dealkylation sites (tertiary alicyclic amines) is 2. The number of piperidine rings is 2. The molecule has 31 heavy (non-hydrogen) atoms. The van der Waals surface area contributed by atoms with Crippen LogP contribution in [-0.2, 0) is 16.8 Å². The van der Waals surface area contributed by atoms with Gasteiger partial charge in [-0.25, -0.2) is 4.79 Å². The molecule has 3 aliphatic rings. The third-order valence-corrected chi connectivity index (χ3v) is 7.65. The van der Waals surface area contributed by atoms with Gasteiger partial charge in [-0.1, -0.05) is 31.2 Å². The van der Waals surface area contributed by atoms with Gasteiger partial charge < -0.3 is 19.6 Å². The summed E-state index contributed by atoms with van der Waals surface area (Å²) in [6, 6.07) is 9.43. The summed E-state index contributed by atoms with van der Waals surface area (Å²) in [6.45, 7) is 7.56. The van der Waals surface area contributed by atoms with Crippen LogP contribution >= 0.6 is 0 Å². The average Bonchev–Trinajstić information content (AvgIpc) is 2.79. The molecule has 2 fully saturated rings. The van der Waals surface area contributed by atoms with Gasteiger partial charge in [0.05, 0.1) is 0 Å². The van der Waals surface area contributed by atoms with E-state index < -0.39 is 0 Å². The first-order chi connectivity index (χ1) is 14.9. The Hall–Kier alpha value is -2.08. The molecule has 0 unspecified atom stereocenters. The van der Waals surface area contributed by atoms with E-state index in [0.717, 1.165) is 64.8 Å². The van der Waals surface area contributed by atoms with Crippen LogP contribution in [0.3, 0.4) is 0 Å². The highest BCUT2D eigenvalue weighted by Crippen LogP contribution is 2.42. The van der Waals surface area contributed by atoms with E-state index in [9.17, 15) is 9.59 Å². The molecule has 0 atom stereocenters. The fourth-order valence-electron chi connectivity index (χ4n) is 5.90. The van der Waals surface area contributed by atoms with Gasteiger partial charge in [0.25, 0.3) is 0 Å². The molecule has 2 saturated heterocycles. The molecule has 0 aliphatic carbocycles. The monoisotopic (exact) mass is 426 g/mol. The van der Waals surface area contributed by atoms with Gasteiger partial charge in [0.15, 0.2) is 0 Å². The number of benzene rings is 1. The van der Waals surface area contributed by atoms with E-state index in [1.807, 2.05) is 19.0 Å². The van der Waals surface area contributed by atoms with Gasteiger partial charge in [-0.15, -0.1) is 0 Å². The van der Waals surface area contributed by atoms with Crippen LogP contribution in [0.25, 0.3) is 0 Å². The zero-order chi connectivity index (χ0) is 22.0. The summed E-state index contributed by atoms with van der Waals surface area (Å²) in [5.74, 6) is 0.322. The summed E-state index contributed by atoms with van der Waals surface area (Å²) in [6.07, 6.45) is 5.97.